The molecule has 0 aromatic rings. The van der Waals surface area contributed by atoms with Gasteiger partial charge in [0.1, 0.15) is 0 Å². The Morgan fingerprint density at radius 3 is 2.54 bits per heavy atom. The van der Waals surface area contributed by atoms with Crippen LogP contribution >= 0.6 is 0 Å². The molecule has 0 aromatic carbocycles. The summed E-state index contributed by atoms with van der Waals surface area (Å²) < 4.78 is 10.4. The van der Waals surface area contributed by atoms with Crippen LogP contribution in [0.3, 0.4) is 0 Å². The summed E-state index contributed by atoms with van der Waals surface area (Å²) in [6, 6.07) is 0. The first-order valence-electron chi connectivity index (χ1n) is 9.20. The summed E-state index contributed by atoms with van der Waals surface area (Å²) >= 11 is 0. The zero-order valence-corrected chi connectivity index (χ0v) is 16.1. The monoisotopic (exact) mass is 360 g/mol. The molecule has 2 bridgehead atoms. The normalized spacial score (nSPS) is 29.0. The van der Waals surface area contributed by atoms with E-state index in [0.717, 1.165) is 5.57 Å². The first-order valence-corrected chi connectivity index (χ1v) is 9.20. The lowest BCUT2D eigenvalue weighted by molar-refractivity contribution is -0.162. The summed E-state index contributed by atoms with van der Waals surface area (Å²) in [4.78, 5) is 37.3. The Balaban J connectivity index is 2.42. The molecule has 0 aliphatic carbocycles. The Morgan fingerprint density at radius 1 is 1.15 bits per heavy atom. The van der Waals surface area contributed by atoms with E-state index < -0.39 is 17.5 Å². The molecule has 0 aromatic heterocycles. The molecule has 1 atom stereocenters. The lowest BCUT2D eigenvalue weighted by atomic mass is 9.90. The minimum atomic E-state index is -1.14. The molecule has 0 unspecified atom stereocenters. The molecule has 0 saturated carbocycles. The number of carbonyl (C=O) groups is 3. The Labute approximate surface area is 155 Å². The Hall–Kier alpha value is -2.17. The number of fused-ring (bicyclic) bond motifs is 3. The van der Waals surface area contributed by atoms with Gasteiger partial charge in [0.05, 0.1) is 7.11 Å². The number of esters is 2. The summed E-state index contributed by atoms with van der Waals surface area (Å²) in [5.74, 6) is -0.715. The fourth-order valence-electron chi connectivity index (χ4n) is 3.28. The highest BCUT2D eigenvalue weighted by Gasteiger charge is 2.38. The van der Waals surface area contributed by atoms with Gasteiger partial charge in [0.2, 0.25) is 0 Å². The number of allylic oxidation sites excluding steroid dienone is 4. The van der Waals surface area contributed by atoms with Crippen molar-refractivity contribution in [2.75, 3.05) is 7.11 Å². The minimum absolute atomic E-state index is 0.130. The highest BCUT2D eigenvalue weighted by atomic mass is 16.6. The highest BCUT2D eigenvalue weighted by molar-refractivity contribution is 5.96. The second-order valence-corrected chi connectivity index (χ2v) is 7.39. The van der Waals surface area contributed by atoms with Crippen LogP contribution in [0.5, 0.6) is 0 Å². The standard InChI is InChI=1S/C21H28O5/c1-14(2)15-7-9-16-6-5-13-21(3,26-20(16)24)18(22)12-11-17(10-8-15)19(23)25-4/h6,8,10,14H,5,7,9,11-13H2,1-4H3/b15-8-,17-10+/t21-/m1/s1. The van der Waals surface area contributed by atoms with Gasteiger partial charge < -0.3 is 9.47 Å². The van der Waals surface area contributed by atoms with Crippen molar-refractivity contribution in [3.05, 3.63) is 34.9 Å². The summed E-state index contributed by atoms with van der Waals surface area (Å²) in [5, 5.41) is 0. The summed E-state index contributed by atoms with van der Waals surface area (Å²) in [7, 11) is 1.33. The topological polar surface area (TPSA) is 69.7 Å². The third-order valence-electron chi connectivity index (χ3n) is 5.17. The fourth-order valence-corrected chi connectivity index (χ4v) is 3.28. The van der Waals surface area contributed by atoms with Gasteiger partial charge in [-0.25, -0.2) is 9.59 Å². The SMILES string of the molecule is COC(=O)/C1=C/C=C(\C(C)C)CCC2=CCC[C@@](C)(OC2=O)C(=O)CC1. The molecule has 0 spiro atoms. The van der Waals surface area contributed by atoms with Crippen LogP contribution in [-0.2, 0) is 23.9 Å². The molecular formula is C21H28O5. The summed E-state index contributed by atoms with van der Waals surface area (Å²) in [6.07, 6.45) is 8.33. The number of Topliss-reactive ketones (excluding diaryl/α,β-unsaturated/α-hetero) is 1. The maximum Gasteiger partial charge on any atom is 0.334 e. The number of methoxy groups -OCH3 is 1. The van der Waals surface area contributed by atoms with Crippen LogP contribution in [0.1, 0.15) is 59.3 Å². The number of hydrogen-bond donors (Lipinski definition) is 0. The van der Waals surface area contributed by atoms with Crippen molar-refractivity contribution in [3.63, 3.8) is 0 Å². The average Bonchev–Trinajstić information content (AvgIpc) is 2.74. The van der Waals surface area contributed by atoms with E-state index in [-0.39, 0.29) is 24.5 Å². The van der Waals surface area contributed by atoms with Gasteiger partial charge in [0, 0.05) is 17.6 Å². The molecular weight excluding hydrogens is 332 g/mol. The quantitative estimate of drug-likeness (QED) is 0.700. The number of hydrogen-bond acceptors (Lipinski definition) is 5. The van der Waals surface area contributed by atoms with Crippen molar-refractivity contribution in [2.24, 2.45) is 5.92 Å². The van der Waals surface area contributed by atoms with Crippen LogP contribution in [-0.4, -0.2) is 30.4 Å². The molecule has 2 heterocycles. The van der Waals surface area contributed by atoms with Crippen molar-refractivity contribution in [3.8, 4) is 0 Å². The second-order valence-electron chi connectivity index (χ2n) is 7.39. The van der Waals surface area contributed by atoms with Gasteiger partial charge in [0.15, 0.2) is 11.4 Å². The lowest BCUT2D eigenvalue weighted by Gasteiger charge is -2.26. The van der Waals surface area contributed by atoms with Crippen LogP contribution in [0, 0.1) is 5.92 Å². The van der Waals surface area contributed by atoms with Crippen molar-refractivity contribution >= 4 is 17.7 Å². The van der Waals surface area contributed by atoms with Gasteiger partial charge in [-0.2, -0.15) is 0 Å². The maximum atomic E-state index is 12.7. The van der Waals surface area contributed by atoms with Gasteiger partial charge >= 0.3 is 11.9 Å². The predicted molar refractivity (Wildman–Crippen MR) is 98.3 cm³/mol. The molecule has 2 aliphatic rings. The van der Waals surface area contributed by atoms with Crippen LogP contribution in [0.2, 0.25) is 0 Å². The van der Waals surface area contributed by atoms with E-state index in [9.17, 15) is 14.4 Å². The molecule has 0 radical (unpaired) electrons. The van der Waals surface area contributed by atoms with Gasteiger partial charge in [-0.1, -0.05) is 37.6 Å². The molecule has 142 valence electrons. The Bertz CT molecular complexity index is 681. The van der Waals surface area contributed by atoms with Gasteiger partial charge in [-0.15, -0.1) is 0 Å². The Kier molecular flexibility index (Phi) is 6.57. The molecule has 0 amide bonds. The molecule has 5 nitrogen and oxygen atoms in total. The first kappa shape index (κ1) is 20.1. The fraction of sp³-hybridized carbons (Fsp3) is 0.571. The lowest BCUT2D eigenvalue weighted by Crippen LogP contribution is -2.40. The van der Waals surface area contributed by atoms with E-state index in [1.807, 2.05) is 12.2 Å². The van der Waals surface area contributed by atoms with Gasteiger partial charge in [-0.05, 0) is 44.9 Å². The third kappa shape index (κ3) is 4.71. The van der Waals surface area contributed by atoms with Crippen molar-refractivity contribution in [1.29, 1.82) is 0 Å². The van der Waals surface area contributed by atoms with Gasteiger partial charge in [0.25, 0.3) is 0 Å². The molecule has 0 N–H and O–H groups in total. The number of ether oxygens (including phenoxy) is 2. The molecule has 2 rings (SSSR count). The smallest absolute Gasteiger partial charge is 0.334 e. The zero-order valence-electron chi connectivity index (χ0n) is 16.1. The number of rotatable bonds is 2. The second kappa shape index (κ2) is 8.47. The van der Waals surface area contributed by atoms with Crippen LogP contribution in [0.25, 0.3) is 0 Å². The van der Waals surface area contributed by atoms with E-state index in [2.05, 4.69) is 13.8 Å². The molecule has 0 saturated heterocycles. The van der Waals surface area contributed by atoms with Crippen LogP contribution in [0.15, 0.2) is 34.9 Å². The van der Waals surface area contributed by atoms with E-state index in [0.29, 0.717) is 36.8 Å². The van der Waals surface area contributed by atoms with Gasteiger partial charge in [-0.3, -0.25) is 4.79 Å². The predicted octanol–water partition coefficient (Wildman–Crippen LogP) is 3.83. The average molecular weight is 360 g/mol. The highest BCUT2D eigenvalue weighted by Crippen LogP contribution is 2.30. The summed E-state index contributed by atoms with van der Waals surface area (Å²) in [6.45, 7) is 5.83. The van der Waals surface area contributed by atoms with E-state index in [4.69, 9.17) is 9.47 Å². The van der Waals surface area contributed by atoms with Crippen molar-refractivity contribution < 1.29 is 23.9 Å². The molecule has 2 aliphatic heterocycles. The summed E-state index contributed by atoms with van der Waals surface area (Å²) in [5.41, 5.74) is 1.08. The zero-order chi connectivity index (χ0) is 19.3. The first-order chi connectivity index (χ1) is 12.3. The van der Waals surface area contributed by atoms with Crippen molar-refractivity contribution in [2.45, 2.75) is 64.9 Å². The van der Waals surface area contributed by atoms with Crippen LogP contribution in [0.4, 0.5) is 0 Å². The van der Waals surface area contributed by atoms with E-state index >= 15 is 0 Å². The van der Waals surface area contributed by atoms with Crippen LogP contribution < -0.4 is 0 Å². The van der Waals surface area contributed by atoms with E-state index in [1.165, 1.54) is 7.11 Å². The number of carbonyl (C=O) groups excluding carboxylic acids is 3. The Morgan fingerprint density at radius 2 is 1.88 bits per heavy atom. The maximum absolute atomic E-state index is 12.7. The largest absolute Gasteiger partial charge is 0.466 e. The molecule has 0 fully saturated rings. The van der Waals surface area contributed by atoms with E-state index in [1.54, 1.807) is 13.0 Å². The minimum Gasteiger partial charge on any atom is -0.466 e. The van der Waals surface area contributed by atoms with Crippen molar-refractivity contribution in [1.82, 2.24) is 0 Å². The molecule has 5 heteroatoms. The molecule has 26 heavy (non-hydrogen) atoms. The third-order valence-corrected chi connectivity index (χ3v) is 5.17. The number of ketones is 1.